The van der Waals surface area contributed by atoms with E-state index >= 15 is 0 Å². The van der Waals surface area contributed by atoms with Crippen LogP contribution in [-0.2, 0) is 4.79 Å². The molecule has 0 spiro atoms. The molecule has 1 amide bonds. The molecule has 1 aromatic carbocycles. The average molecular weight is 217 g/mol. The molecule has 3 nitrogen and oxygen atoms in total. The van der Waals surface area contributed by atoms with Crippen LogP contribution in [0.1, 0.15) is 47.5 Å². The van der Waals surface area contributed by atoms with Gasteiger partial charge < -0.3 is 5.73 Å². The van der Waals surface area contributed by atoms with Crippen molar-refractivity contribution in [2.24, 2.45) is 5.73 Å². The van der Waals surface area contributed by atoms with Gasteiger partial charge >= 0.3 is 0 Å². The number of carbonyl (C=O) groups is 2. The zero-order valence-corrected chi connectivity index (χ0v) is 9.11. The SMILES string of the molecule is NC(=O)c1ccc([C@H]2CCCCC2=O)cc1. The van der Waals surface area contributed by atoms with Gasteiger partial charge in [-0.25, -0.2) is 0 Å². The molecular formula is C13H15NO2. The second-order valence-electron chi connectivity index (χ2n) is 4.25. The van der Waals surface area contributed by atoms with Gasteiger partial charge in [0.15, 0.2) is 0 Å². The molecule has 1 aliphatic carbocycles. The topological polar surface area (TPSA) is 60.2 Å². The number of hydrogen-bond acceptors (Lipinski definition) is 2. The Kier molecular flexibility index (Phi) is 3.04. The number of amides is 1. The van der Waals surface area contributed by atoms with Gasteiger partial charge in [0.2, 0.25) is 5.91 Å². The summed E-state index contributed by atoms with van der Waals surface area (Å²) in [5, 5.41) is 0. The zero-order valence-electron chi connectivity index (χ0n) is 9.11. The van der Waals surface area contributed by atoms with Crippen LogP contribution in [0.25, 0.3) is 0 Å². The summed E-state index contributed by atoms with van der Waals surface area (Å²) in [7, 11) is 0. The Morgan fingerprint density at radius 1 is 1.19 bits per heavy atom. The maximum Gasteiger partial charge on any atom is 0.248 e. The molecule has 1 aliphatic rings. The fourth-order valence-electron chi connectivity index (χ4n) is 2.22. The zero-order chi connectivity index (χ0) is 11.5. The number of hydrogen-bond donors (Lipinski definition) is 1. The van der Waals surface area contributed by atoms with Crippen molar-refractivity contribution in [2.45, 2.75) is 31.6 Å². The first-order valence-corrected chi connectivity index (χ1v) is 5.61. The quantitative estimate of drug-likeness (QED) is 0.823. The van der Waals surface area contributed by atoms with Crippen LogP contribution < -0.4 is 5.73 Å². The Morgan fingerprint density at radius 2 is 1.88 bits per heavy atom. The third-order valence-electron chi connectivity index (χ3n) is 3.15. The lowest BCUT2D eigenvalue weighted by Crippen LogP contribution is -2.17. The van der Waals surface area contributed by atoms with Gasteiger partial charge in [0.25, 0.3) is 0 Å². The molecule has 2 N–H and O–H groups in total. The molecule has 2 rings (SSSR count). The summed E-state index contributed by atoms with van der Waals surface area (Å²) < 4.78 is 0. The van der Waals surface area contributed by atoms with E-state index in [1.165, 1.54) is 0 Å². The summed E-state index contributed by atoms with van der Waals surface area (Å²) in [6, 6.07) is 7.07. The molecule has 0 heterocycles. The minimum atomic E-state index is -0.429. The molecule has 0 unspecified atom stereocenters. The van der Waals surface area contributed by atoms with Crippen molar-refractivity contribution in [3.63, 3.8) is 0 Å². The number of benzene rings is 1. The van der Waals surface area contributed by atoms with Crippen LogP contribution >= 0.6 is 0 Å². The standard InChI is InChI=1S/C13H15NO2/c14-13(16)10-7-5-9(6-8-10)11-3-1-2-4-12(11)15/h5-8,11H,1-4H2,(H2,14,16)/t11-/m1/s1. The van der Waals surface area contributed by atoms with E-state index in [9.17, 15) is 9.59 Å². The summed E-state index contributed by atoms with van der Waals surface area (Å²) in [6.07, 6.45) is 3.72. The lowest BCUT2D eigenvalue weighted by Gasteiger charge is -2.20. The van der Waals surface area contributed by atoms with Crippen molar-refractivity contribution in [3.05, 3.63) is 35.4 Å². The van der Waals surface area contributed by atoms with Gasteiger partial charge in [-0.3, -0.25) is 9.59 Å². The van der Waals surface area contributed by atoms with E-state index in [0.717, 1.165) is 24.8 Å². The van der Waals surface area contributed by atoms with Gasteiger partial charge in [-0.05, 0) is 30.5 Å². The monoisotopic (exact) mass is 217 g/mol. The molecule has 3 heteroatoms. The first-order valence-electron chi connectivity index (χ1n) is 5.61. The minimum Gasteiger partial charge on any atom is -0.366 e. The van der Waals surface area contributed by atoms with Crippen LogP contribution in [0.3, 0.4) is 0 Å². The van der Waals surface area contributed by atoms with Crippen LogP contribution in [0.5, 0.6) is 0 Å². The van der Waals surface area contributed by atoms with Gasteiger partial charge in [-0.2, -0.15) is 0 Å². The lowest BCUT2D eigenvalue weighted by molar-refractivity contribution is -0.121. The van der Waals surface area contributed by atoms with Crippen molar-refractivity contribution in [2.75, 3.05) is 0 Å². The number of primary amides is 1. The first kappa shape index (κ1) is 10.9. The summed E-state index contributed by atoms with van der Waals surface area (Å²) in [5.41, 5.74) is 6.67. The average Bonchev–Trinajstić information content (AvgIpc) is 2.30. The molecular weight excluding hydrogens is 202 g/mol. The largest absolute Gasteiger partial charge is 0.366 e. The van der Waals surface area contributed by atoms with Gasteiger partial charge in [0.05, 0.1) is 0 Å². The molecule has 1 saturated carbocycles. The van der Waals surface area contributed by atoms with E-state index < -0.39 is 5.91 Å². The molecule has 0 aromatic heterocycles. The summed E-state index contributed by atoms with van der Waals surface area (Å²) in [6.45, 7) is 0. The second kappa shape index (κ2) is 4.47. The van der Waals surface area contributed by atoms with Crippen LogP contribution in [0.4, 0.5) is 0 Å². The normalized spacial score (nSPS) is 20.8. The van der Waals surface area contributed by atoms with E-state index in [2.05, 4.69) is 0 Å². The Morgan fingerprint density at radius 3 is 2.44 bits per heavy atom. The number of carbonyl (C=O) groups excluding carboxylic acids is 2. The summed E-state index contributed by atoms with van der Waals surface area (Å²) in [5.74, 6) is -0.0877. The maximum absolute atomic E-state index is 11.7. The Labute approximate surface area is 94.6 Å². The summed E-state index contributed by atoms with van der Waals surface area (Å²) in [4.78, 5) is 22.6. The van der Waals surface area contributed by atoms with E-state index in [4.69, 9.17) is 5.73 Å². The van der Waals surface area contributed by atoms with Gasteiger partial charge in [-0.1, -0.05) is 18.6 Å². The van der Waals surface area contributed by atoms with Gasteiger partial charge in [-0.15, -0.1) is 0 Å². The fourth-order valence-corrected chi connectivity index (χ4v) is 2.22. The van der Waals surface area contributed by atoms with Gasteiger partial charge in [0.1, 0.15) is 5.78 Å². The Bertz CT molecular complexity index is 408. The number of ketones is 1. The van der Waals surface area contributed by atoms with Crippen molar-refractivity contribution in [3.8, 4) is 0 Å². The highest BCUT2D eigenvalue weighted by Crippen LogP contribution is 2.29. The third kappa shape index (κ3) is 2.13. The molecule has 0 radical (unpaired) electrons. The van der Waals surface area contributed by atoms with Crippen LogP contribution in [0.15, 0.2) is 24.3 Å². The van der Waals surface area contributed by atoms with E-state index in [0.29, 0.717) is 17.8 Å². The first-order chi connectivity index (χ1) is 7.68. The maximum atomic E-state index is 11.7. The van der Waals surface area contributed by atoms with Gasteiger partial charge in [0, 0.05) is 17.9 Å². The smallest absolute Gasteiger partial charge is 0.248 e. The van der Waals surface area contributed by atoms with Crippen LogP contribution in [0.2, 0.25) is 0 Å². The molecule has 84 valence electrons. The molecule has 1 fully saturated rings. The Balaban J connectivity index is 2.20. The molecule has 0 bridgehead atoms. The van der Waals surface area contributed by atoms with Crippen molar-refractivity contribution < 1.29 is 9.59 Å². The molecule has 16 heavy (non-hydrogen) atoms. The Hall–Kier alpha value is -1.64. The second-order valence-corrected chi connectivity index (χ2v) is 4.25. The lowest BCUT2D eigenvalue weighted by atomic mass is 9.83. The molecule has 0 saturated heterocycles. The molecule has 1 aromatic rings. The van der Waals surface area contributed by atoms with E-state index in [1.54, 1.807) is 12.1 Å². The third-order valence-corrected chi connectivity index (χ3v) is 3.15. The van der Waals surface area contributed by atoms with E-state index in [1.807, 2.05) is 12.1 Å². The highest BCUT2D eigenvalue weighted by atomic mass is 16.1. The van der Waals surface area contributed by atoms with E-state index in [-0.39, 0.29) is 5.92 Å². The highest BCUT2D eigenvalue weighted by Gasteiger charge is 2.23. The van der Waals surface area contributed by atoms with Crippen molar-refractivity contribution in [1.29, 1.82) is 0 Å². The summed E-state index contributed by atoms with van der Waals surface area (Å²) >= 11 is 0. The predicted octanol–water partition coefficient (Wildman–Crippen LogP) is 2.01. The minimum absolute atomic E-state index is 0.0238. The highest BCUT2D eigenvalue weighted by molar-refractivity contribution is 5.93. The van der Waals surface area contributed by atoms with Crippen molar-refractivity contribution >= 4 is 11.7 Å². The fraction of sp³-hybridized carbons (Fsp3) is 0.385. The molecule has 1 atom stereocenters. The van der Waals surface area contributed by atoms with Crippen LogP contribution in [0, 0.1) is 0 Å². The number of rotatable bonds is 2. The van der Waals surface area contributed by atoms with Crippen molar-refractivity contribution in [1.82, 2.24) is 0 Å². The predicted molar refractivity (Wildman–Crippen MR) is 61.2 cm³/mol. The molecule has 0 aliphatic heterocycles. The number of Topliss-reactive ketones (excluding diaryl/α,β-unsaturated/α-hetero) is 1. The number of nitrogens with two attached hydrogens (primary N) is 1. The van der Waals surface area contributed by atoms with Crippen LogP contribution in [-0.4, -0.2) is 11.7 Å².